The Morgan fingerprint density at radius 3 is 2.72 bits per heavy atom. The number of nitrogens with one attached hydrogen (secondary N) is 2. The Morgan fingerprint density at radius 1 is 1.22 bits per heavy atom. The summed E-state index contributed by atoms with van der Waals surface area (Å²) in [4.78, 5) is 20.2. The van der Waals surface area contributed by atoms with Crippen LogP contribution in [0.1, 0.15) is 27.2 Å². The number of alkyl carbamates (subject to hydrolysis) is 1. The molecule has 0 aliphatic rings. The number of rotatable bonds is 7. The molecule has 0 aliphatic carbocycles. The van der Waals surface area contributed by atoms with Crippen molar-refractivity contribution < 1.29 is 18.7 Å². The van der Waals surface area contributed by atoms with Crippen LogP contribution < -0.4 is 21.1 Å². The third kappa shape index (κ3) is 6.34. The van der Waals surface area contributed by atoms with Gasteiger partial charge in [0, 0.05) is 23.7 Å². The van der Waals surface area contributed by atoms with Crippen molar-refractivity contribution in [1.82, 2.24) is 15.3 Å². The molecule has 0 fully saturated rings. The second-order valence-corrected chi connectivity index (χ2v) is 8.42. The van der Waals surface area contributed by atoms with Gasteiger partial charge in [-0.3, -0.25) is 0 Å². The van der Waals surface area contributed by atoms with E-state index in [2.05, 4.69) is 20.6 Å². The van der Waals surface area contributed by atoms with Gasteiger partial charge in [0.2, 0.25) is 0 Å². The fourth-order valence-electron chi connectivity index (χ4n) is 2.79. The Balaban J connectivity index is 1.63. The summed E-state index contributed by atoms with van der Waals surface area (Å²) in [6.07, 6.45) is 1.50. The lowest BCUT2D eigenvalue weighted by Gasteiger charge is -2.19. The first-order valence-electron chi connectivity index (χ1n) is 9.98. The van der Waals surface area contributed by atoms with Gasteiger partial charge in [-0.2, -0.15) is 0 Å². The summed E-state index contributed by atoms with van der Waals surface area (Å²) in [6.45, 7) is 6.15. The standard InChI is InChI=1S/C22H25ClFN5O3/c1-22(2,3)32-21(30)26-7-4-8-31-19-11-18-14(10-17(19)25)20(28-12-27-18)29-13-5-6-16(24)15(23)9-13/h5-6,9-12H,4,7-8,25H2,1-3H3,(H,26,30)(H,27,28,29). The molecule has 1 amide bonds. The predicted molar refractivity (Wildman–Crippen MR) is 123 cm³/mol. The molecule has 1 aromatic heterocycles. The number of carbonyl (C=O) groups excluding carboxylic acids is 1. The third-order valence-corrected chi connectivity index (χ3v) is 4.49. The average molecular weight is 462 g/mol. The van der Waals surface area contributed by atoms with E-state index in [0.717, 1.165) is 0 Å². The lowest BCUT2D eigenvalue weighted by molar-refractivity contribution is 0.0525. The normalized spacial score (nSPS) is 11.3. The molecule has 1 heterocycles. The number of benzene rings is 2. The van der Waals surface area contributed by atoms with E-state index in [1.165, 1.54) is 18.5 Å². The number of amides is 1. The monoisotopic (exact) mass is 461 g/mol. The van der Waals surface area contributed by atoms with Crippen LogP contribution in [0.2, 0.25) is 5.02 Å². The van der Waals surface area contributed by atoms with E-state index in [-0.39, 0.29) is 5.02 Å². The summed E-state index contributed by atoms with van der Waals surface area (Å²) >= 11 is 5.85. The largest absolute Gasteiger partial charge is 0.491 e. The molecule has 0 atom stereocenters. The molecular formula is C22H25ClFN5O3. The Bertz CT molecular complexity index is 1120. The van der Waals surface area contributed by atoms with Gasteiger partial charge in [-0.25, -0.2) is 19.2 Å². The van der Waals surface area contributed by atoms with Gasteiger partial charge in [-0.15, -0.1) is 0 Å². The van der Waals surface area contributed by atoms with Crippen LogP contribution >= 0.6 is 11.6 Å². The Hall–Kier alpha value is -3.33. The Morgan fingerprint density at radius 2 is 2.00 bits per heavy atom. The topological polar surface area (TPSA) is 111 Å². The highest BCUT2D eigenvalue weighted by Crippen LogP contribution is 2.32. The van der Waals surface area contributed by atoms with Crippen molar-refractivity contribution in [3.8, 4) is 5.75 Å². The lowest BCUT2D eigenvalue weighted by Crippen LogP contribution is -2.33. The maximum absolute atomic E-state index is 13.4. The molecule has 170 valence electrons. The minimum Gasteiger partial charge on any atom is -0.491 e. The zero-order valence-corrected chi connectivity index (χ0v) is 18.8. The van der Waals surface area contributed by atoms with E-state index < -0.39 is 17.5 Å². The maximum atomic E-state index is 13.4. The number of hydrogen-bond donors (Lipinski definition) is 3. The fraction of sp³-hybridized carbons (Fsp3) is 0.318. The van der Waals surface area contributed by atoms with Crippen LogP contribution in [0.25, 0.3) is 10.9 Å². The molecule has 4 N–H and O–H groups in total. The van der Waals surface area contributed by atoms with Crippen molar-refractivity contribution in [3.05, 3.63) is 47.5 Å². The summed E-state index contributed by atoms with van der Waals surface area (Å²) in [5, 5.41) is 6.45. The van der Waals surface area contributed by atoms with Gasteiger partial charge in [0.1, 0.15) is 29.3 Å². The smallest absolute Gasteiger partial charge is 0.407 e. The first-order valence-corrected chi connectivity index (χ1v) is 10.4. The van der Waals surface area contributed by atoms with Gasteiger partial charge in [0.05, 0.1) is 22.8 Å². The zero-order valence-electron chi connectivity index (χ0n) is 18.0. The SMILES string of the molecule is CC(C)(C)OC(=O)NCCCOc1cc2ncnc(Nc3ccc(F)c(Cl)c3)c2cc1N. The van der Waals surface area contributed by atoms with E-state index in [1.54, 1.807) is 39.0 Å². The number of carbonyl (C=O) groups is 1. The number of nitrogen functional groups attached to an aromatic ring is 1. The van der Waals surface area contributed by atoms with Gasteiger partial charge in [-0.05, 0) is 51.5 Å². The summed E-state index contributed by atoms with van der Waals surface area (Å²) in [5.41, 5.74) is 7.22. The van der Waals surface area contributed by atoms with Crippen molar-refractivity contribution in [2.24, 2.45) is 0 Å². The van der Waals surface area contributed by atoms with Crippen LogP contribution in [0.3, 0.4) is 0 Å². The molecule has 0 saturated heterocycles. The third-order valence-electron chi connectivity index (χ3n) is 4.20. The first kappa shape index (κ1) is 23.3. The molecule has 32 heavy (non-hydrogen) atoms. The van der Waals surface area contributed by atoms with E-state index in [9.17, 15) is 9.18 Å². The number of halogens is 2. The number of nitrogens with two attached hydrogens (primary N) is 1. The fourth-order valence-corrected chi connectivity index (χ4v) is 2.98. The summed E-state index contributed by atoms with van der Waals surface area (Å²) in [7, 11) is 0. The van der Waals surface area contributed by atoms with Crippen LogP contribution in [0.15, 0.2) is 36.7 Å². The molecule has 3 aromatic rings. The van der Waals surface area contributed by atoms with Crippen molar-refractivity contribution in [1.29, 1.82) is 0 Å². The number of ether oxygens (including phenoxy) is 2. The van der Waals surface area contributed by atoms with Crippen LogP contribution in [-0.4, -0.2) is 34.8 Å². The zero-order chi connectivity index (χ0) is 23.3. The second kappa shape index (κ2) is 9.86. The molecular weight excluding hydrogens is 437 g/mol. The van der Waals surface area contributed by atoms with Crippen molar-refractivity contribution in [2.75, 3.05) is 24.2 Å². The maximum Gasteiger partial charge on any atom is 0.407 e. The van der Waals surface area contributed by atoms with Crippen molar-refractivity contribution in [3.63, 3.8) is 0 Å². The van der Waals surface area contributed by atoms with E-state index in [1.807, 2.05) is 0 Å². The highest BCUT2D eigenvalue weighted by molar-refractivity contribution is 6.31. The molecule has 0 aliphatic heterocycles. The van der Waals surface area contributed by atoms with Crippen molar-refractivity contribution in [2.45, 2.75) is 32.8 Å². The van der Waals surface area contributed by atoms with E-state index in [0.29, 0.717) is 53.4 Å². The first-order chi connectivity index (χ1) is 15.1. The van der Waals surface area contributed by atoms with Crippen molar-refractivity contribution >= 4 is 45.8 Å². The van der Waals surface area contributed by atoms with E-state index >= 15 is 0 Å². The van der Waals surface area contributed by atoms with Gasteiger partial charge in [0.25, 0.3) is 0 Å². The van der Waals surface area contributed by atoms with Gasteiger partial charge in [-0.1, -0.05) is 11.6 Å². The summed E-state index contributed by atoms with van der Waals surface area (Å²) in [6, 6.07) is 7.72. The van der Waals surface area contributed by atoms with Gasteiger partial charge < -0.3 is 25.8 Å². The quantitative estimate of drug-likeness (QED) is 0.333. The molecule has 0 radical (unpaired) electrons. The van der Waals surface area contributed by atoms with Gasteiger partial charge >= 0.3 is 6.09 Å². The van der Waals surface area contributed by atoms with Crippen LogP contribution in [0, 0.1) is 5.82 Å². The number of fused-ring (bicyclic) bond motifs is 1. The number of hydrogen-bond acceptors (Lipinski definition) is 7. The highest BCUT2D eigenvalue weighted by Gasteiger charge is 2.15. The predicted octanol–water partition coefficient (Wildman–Crippen LogP) is 5.04. The minimum absolute atomic E-state index is 0.00437. The average Bonchev–Trinajstić information content (AvgIpc) is 2.70. The van der Waals surface area contributed by atoms with Crippen LogP contribution in [0.5, 0.6) is 5.75 Å². The van der Waals surface area contributed by atoms with E-state index in [4.69, 9.17) is 26.8 Å². The summed E-state index contributed by atoms with van der Waals surface area (Å²) in [5.74, 6) is 0.471. The molecule has 0 saturated carbocycles. The lowest BCUT2D eigenvalue weighted by atomic mass is 10.2. The molecule has 0 spiro atoms. The molecule has 8 nitrogen and oxygen atoms in total. The number of aromatic nitrogens is 2. The molecule has 0 bridgehead atoms. The molecule has 10 heteroatoms. The molecule has 3 rings (SSSR count). The van der Waals surface area contributed by atoms with Gasteiger partial charge in [0.15, 0.2) is 0 Å². The van der Waals surface area contributed by atoms with Crippen LogP contribution in [0.4, 0.5) is 26.4 Å². The summed E-state index contributed by atoms with van der Waals surface area (Å²) < 4.78 is 24.3. The van der Waals surface area contributed by atoms with Crippen LogP contribution in [-0.2, 0) is 4.74 Å². The number of nitrogens with zero attached hydrogens (tertiary/aromatic N) is 2. The molecule has 2 aromatic carbocycles. The highest BCUT2D eigenvalue weighted by atomic mass is 35.5. The Labute approximate surface area is 190 Å². The number of anilines is 3. The molecule has 0 unspecified atom stereocenters. The second-order valence-electron chi connectivity index (χ2n) is 8.01. The Kier molecular flexibility index (Phi) is 7.19. The minimum atomic E-state index is -0.543.